The minimum atomic E-state index is -0.898. The SMILES string of the molecule is CCCC(NCC(=O)N(C(C)C)C(C)C)C(=O)O.Cl. The first-order valence-electron chi connectivity index (χ1n) is 6.58. The Balaban J connectivity index is 0. The summed E-state index contributed by atoms with van der Waals surface area (Å²) in [6, 6.07) is -0.400. The highest BCUT2D eigenvalue weighted by Crippen LogP contribution is 2.05. The number of aliphatic carboxylic acids is 1. The number of carboxylic acid groups (broad SMARTS) is 1. The highest BCUT2D eigenvalue weighted by molar-refractivity contribution is 5.85. The van der Waals surface area contributed by atoms with E-state index in [4.69, 9.17) is 5.11 Å². The molecule has 0 spiro atoms. The van der Waals surface area contributed by atoms with Crippen molar-refractivity contribution in [3.63, 3.8) is 0 Å². The fraction of sp³-hybridized carbons (Fsp3) is 0.846. The van der Waals surface area contributed by atoms with E-state index >= 15 is 0 Å². The number of hydrogen-bond acceptors (Lipinski definition) is 3. The van der Waals surface area contributed by atoms with E-state index in [1.807, 2.05) is 34.6 Å². The van der Waals surface area contributed by atoms with Crippen LogP contribution in [-0.2, 0) is 9.59 Å². The predicted molar refractivity (Wildman–Crippen MR) is 78.7 cm³/mol. The molecule has 6 heteroatoms. The smallest absolute Gasteiger partial charge is 0.320 e. The maximum absolute atomic E-state index is 12.0. The summed E-state index contributed by atoms with van der Waals surface area (Å²) in [4.78, 5) is 24.7. The van der Waals surface area contributed by atoms with Crippen molar-refractivity contribution < 1.29 is 14.7 Å². The molecular formula is C13H27ClN2O3. The zero-order valence-electron chi connectivity index (χ0n) is 12.5. The van der Waals surface area contributed by atoms with Gasteiger partial charge in [-0.05, 0) is 34.1 Å². The molecule has 0 aromatic carbocycles. The molecule has 0 aliphatic rings. The van der Waals surface area contributed by atoms with Crippen molar-refractivity contribution in [2.75, 3.05) is 6.54 Å². The average molecular weight is 295 g/mol. The molecule has 114 valence electrons. The van der Waals surface area contributed by atoms with E-state index in [2.05, 4.69) is 5.32 Å². The predicted octanol–water partition coefficient (Wildman–Crippen LogP) is 1.90. The Morgan fingerprint density at radius 2 is 1.63 bits per heavy atom. The maximum atomic E-state index is 12.0. The number of hydrogen-bond donors (Lipinski definition) is 2. The lowest BCUT2D eigenvalue weighted by atomic mass is 10.1. The van der Waals surface area contributed by atoms with E-state index in [-0.39, 0.29) is 36.9 Å². The molecule has 0 fully saturated rings. The Kier molecular flexibility index (Phi) is 10.8. The van der Waals surface area contributed by atoms with Crippen LogP contribution in [0.2, 0.25) is 0 Å². The summed E-state index contributed by atoms with van der Waals surface area (Å²) in [5.41, 5.74) is 0. The molecule has 0 saturated carbocycles. The standard InChI is InChI=1S/C13H26N2O3.ClH/c1-6-7-11(13(17)18)14-8-12(16)15(9(2)3)10(4)5;/h9-11,14H,6-8H2,1-5H3,(H,17,18);1H. The first kappa shape index (κ1) is 20.5. The zero-order valence-corrected chi connectivity index (χ0v) is 13.3. The Morgan fingerprint density at radius 3 is 1.95 bits per heavy atom. The topological polar surface area (TPSA) is 69.6 Å². The van der Waals surface area contributed by atoms with Gasteiger partial charge in [-0.1, -0.05) is 13.3 Å². The molecule has 1 atom stereocenters. The van der Waals surface area contributed by atoms with Crippen molar-refractivity contribution in [1.29, 1.82) is 0 Å². The summed E-state index contributed by atoms with van der Waals surface area (Å²) in [5.74, 6) is -0.951. The van der Waals surface area contributed by atoms with Gasteiger partial charge in [0, 0.05) is 12.1 Å². The van der Waals surface area contributed by atoms with Gasteiger partial charge in [-0.3, -0.25) is 14.9 Å². The van der Waals surface area contributed by atoms with Crippen LogP contribution in [0, 0.1) is 0 Å². The Hall–Kier alpha value is -0.810. The van der Waals surface area contributed by atoms with Gasteiger partial charge in [0.25, 0.3) is 0 Å². The van der Waals surface area contributed by atoms with Gasteiger partial charge in [0.1, 0.15) is 6.04 Å². The first-order valence-corrected chi connectivity index (χ1v) is 6.58. The van der Waals surface area contributed by atoms with Crippen molar-refractivity contribution >= 4 is 24.3 Å². The summed E-state index contributed by atoms with van der Waals surface area (Å²) < 4.78 is 0. The third-order valence-corrected chi connectivity index (χ3v) is 2.78. The van der Waals surface area contributed by atoms with Crippen molar-refractivity contribution in [2.24, 2.45) is 0 Å². The number of nitrogens with zero attached hydrogens (tertiary/aromatic N) is 1. The largest absolute Gasteiger partial charge is 0.480 e. The third kappa shape index (κ3) is 7.38. The minimum absolute atomic E-state index is 0. The number of carboxylic acids is 1. The Labute approximate surface area is 122 Å². The van der Waals surface area contributed by atoms with Gasteiger partial charge >= 0.3 is 5.97 Å². The Bertz CT molecular complexity index is 275. The van der Waals surface area contributed by atoms with Crippen LogP contribution in [0.4, 0.5) is 0 Å². The molecule has 2 N–H and O–H groups in total. The van der Waals surface area contributed by atoms with Crippen molar-refractivity contribution in [2.45, 2.75) is 65.6 Å². The van der Waals surface area contributed by atoms with Gasteiger partial charge in [-0.15, -0.1) is 12.4 Å². The van der Waals surface area contributed by atoms with E-state index < -0.39 is 12.0 Å². The van der Waals surface area contributed by atoms with Gasteiger partial charge < -0.3 is 10.0 Å². The summed E-state index contributed by atoms with van der Waals surface area (Å²) in [6.45, 7) is 9.83. The molecule has 1 amide bonds. The third-order valence-electron chi connectivity index (χ3n) is 2.78. The number of rotatable bonds is 8. The maximum Gasteiger partial charge on any atom is 0.320 e. The van der Waals surface area contributed by atoms with Gasteiger partial charge in [-0.2, -0.15) is 0 Å². The van der Waals surface area contributed by atoms with Crippen molar-refractivity contribution in [3.05, 3.63) is 0 Å². The van der Waals surface area contributed by atoms with Crippen LogP contribution < -0.4 is 5.32 Å². The van der Waals surface area contributed by atoms with Crippen molar-refractivity contribution in [3.8, 4) is 0 Å². The number of carbonyl (C=O) groups excluding carboxylic acids is 1. The molecule has 0 radical (unpaired) electrons. The summed E-state index contributed by atoms with van der Waals surface area (Å²) in [5, 5.41) is 11.8. The van der Waals surface area contributed by atoms with Crippen LogP contribution in [0.5, 0.6) is 0 Å². The van der Waals surface area contributed by atoms with Crippen molar-refractivity contribution in [1.82, 2.24) is 10.2 Å². The first-order chi connectivity index (χ1) is 8.31. The number of carbonyl (C=O) groups is 2. The van der Waals surface area contributed by atoms with Crippen LogP contribution in [0.1, 0.15) is 47.5 Å². The fourth-order valence-electron chi connectivity index (χ4n) is 2.08. The second kappa shape index (κ2) is 10.0. The van der Waals surface area contributed by atoms with Gasteiger partial charge in [0.15, 0.2) is 0 Å². The molecule has 0 saturated heterocycles. The second-order valence-electron chi connectivity index (χ2n) is 5.05. The van der Waals surface area contributed by atoms with Gasteiger partial charge in [0.05, 0.1) is 6.54 Å². The molecule has 5 nitrogen and oxygen atoms in total. The van der Waals surface area contributed by atoms with E-state index in [0.29, 0.717) is 6.42 Å². The van der Waals surface area contributed by atoms with E-state index in [1.54, 1.807) is 4.90 Å². The highest BCUT2D eigenvalue weighted by Gasteiger charge is 2.22. The molecular weight excluding hydrogens is 268 g/mol. The minimum Gasteiger partial charge on any atom is -0.480 e. The van der Waals surface area contributed by atoms with E-state index in [9.17, 15) is 9.59 Å². The highest BCUT2D eigenvalue weighted by atomic mass is 35.5. The molecule has 1 unspecified atom stereocenters. The van der Waals surface area contributed by atoms with E-state index in [1.165, 1.54) is 0 Å². The van der Waals surface area contributed by atoms with E-state index in [0.717, 1.165) is 6.42 Å². The fourth-order valence-corrected chi connectivity index (χ4v) is 2.08. The molecule has 19 heavy (non-hydrogen) atoms. The zero-order chi connectivity index (χ0) is 14.3. The molecule has 0 aliphatic heterocycles. The molecule has 0 aliphatic carbocycles. The van der Waals surface area contributed by atoms with Crippen LogP contribution in [0.15, 0.2) is 0 Å². The summed E-state index contributed by atoms with van der Waals surface area (Å²) in [7, 11) is 0. The lowest BCUT2D eigenvalue weighted by Gasteiger charge is -2.31. The molecule has 0 heterocycles. The number of halogens is 1. The average Bonchev–Trinajstić information content (AvgIpc) is 2.22. The lowest BCUT2D eigenvalue weighted by molar-refractivity contribution is -0.140. The number of amides is 1. The lowest BCUT2D eigenvalue weighted by Crippen LogP contribution is -2.49. The Morgan fingerprint density at radius 1 is 1.16 bits per heavy atom. The monoisotopic (exact) mass is 294 g/mol. The van der Waals surface area contributed by atoms with Crippen LogP contribution in [0.25, 0.3) is 0 Å². The quantitative estimate of drug-likeness (QED) is 0.717. The normalized spacial score (nSPS) is 12.2. The number of nitrogens with one attached hydrogen (secondary N) is 1. The molecule has 0 aromatic rings. The van der Waals surface area contributed by atoms with Crippen LogP contribution in [0.3, 0.4) is 0 Å². The summed E-state index contributed by atoms with van der Waals surface area (Å²) in [6.07, 6.45) is 1.31. The van der Waals surface area contributed by atoms with Gasteiger partial charge in [0.2, 0.25) is 5.91 Å². The second-order valence-corrected chi connectivity index (χ2v) is 5.05. The molecule has 0 bridgehead atoms. The van der Waals surface area contributed by atoms with Crippen LogP contribution in [-0.4, -0.2) is 46.6 Å². The summed E-state index contributed by atoms with van der Waals surface area (Å²) >= 11 is 0. The van der Waals surface area contributed by atoms with Gasteiger partial charge in [-0.25, -0.2) is 0 Å². The van der Waals surface area contributed by atoms with Crippen LogP contribution >= 0.6 is 12.4 Å². The molecule has 0 aromatic heterocycles. The molecule has 0 rings (SSSR count).